The molecule has 1 aromatic heterocycles. The molecule has 0 saturated carbocycles. The lowest BCUT2D eigenvalue weighted by Crippen LogP contribution is -2.35. The Morgan fingerprint density at radius 3 is 2.71 bits per heavy atom. The van der Waals surface area contributed by atoms with Gasteiger partial charge in [0, 0.05) is 20.8 Å². The van der Waals surface area contributed by atoms with Crippen LogP contribution >= 0.6 is 43.2 Å². The minimum Gasteiger partial charge on any atom is -0.382 e. The topological polar surface area (TPSA) is 47.6 Å². The fourth-order valence-corrected chi connectivity index (χ4v) is 3.99. The second-order valence-corrected chi connectivity index (χ2v) is 7.01. The molecule has 0 bridgehead atoms. The van der Waals surface area contributed by atoms with Gasteiger partial charge in [-0.2, -0.15) is 0 Å². The summed E-state index contributed by atoms with van der Waals surface area (Å²) in [6, 6.07) is 1.78. The first kappa shape index (κ1) is 15.1. The second kappa shape index (κ2) is 7.48. The zero-order valence-electron chi connectivity index (χ0n) is 9.46. The van der Waals surface area contributed by atoms with Crippen LogP contribution in [0.25, 0.3) is 0 Å². The van der Waals surface area contributed by atoms with Gasteiger partial charge in [-0.25, -0.2) is 0 Å². The van der Waals surface area contributed by atoms with Gasteiger partial charge in [0.1, 0.15) is 0 Å². The molecule has 1 aromatic rings. The molecule has 0 aliphatic carbocycles. The predicted octanol–water partition coefficient (Wildman–Crippen LogP) is 2.66. The molecular weight excluding hydrogens is 374 g/mol. The fourth-order valence-electron chi connectivity index (χ4n) is 1.19. The van der Waals surface area contributed by atoms with Gasteiger partial charge in [-0.15, -0.1) is 11.3 Å². The molecule has 0 fully saturated rings. The molecule has 1 rings (SSSR count). The number of halogens is 2. The normalized spacial score (nSPS) is 12.5. The van der Waals surface area contributed by atoms with Crippen LogP contribution in [0.4, 0.5) is 0 Å². The maximum atomic E-state index is 11.9. The van der Waals surface area contributed by atoms with Gasteiger partial charge >= 0.3 is 0 Å². The molecule has 4 nitrogen and oxygen atoms in total. The summed E-state index contributed by atoms with van der Waals surface area (Å²) in [7, 11) is 3.19. The highest BCUT2D eigenvalue weighted by Crippen LogP contribution is 2.31. The highest BCUT2D eigenvalue weighted by molar-refractivity contribution is 9.12. The summed E-state index contributed by atoms with van der Waals surface area (Å²) in [5.41, 5.74) is 0.620. The largest absolute Gasteiger partial charge is 0.382 e. The van der Waals surface area contributed by atoms with Crippen LogP contribution in [0, 0.1) is 0 Å². The summed E-state index contributed by atoms with van der Waals surface area (Å²) >= 11 is 8.14. The Bertz CT molecular complexity index is 384. The predicted molar refractivity (Wildman–Crippen MR) is 74.7 cm³/mol. The van der Waals surface area contributed by atoms with Gasteiger partial charge in [-0.05, 0) is 37.9 Å². The highest BCUT2D eigenvalue weighted by atomic mass is 79.9. The quantitative estimate of drug-likeness (QED) is 0.817. The minimum atomic E-state index is -0.134. The van der Waals surface area contributed by atoms with E-state index in [2.05, 4.69) is 37.2 Å². The average Bonchev–Trinajstić information content (AvgIpc) is 2.63. The van der Waals surface area contributed by atoms with E-state index in [-0.39, 0.29) is 12.0 Å². The Morgan fingerprint density at radius 2 is 2.24 bits per heavy atom. The van der Waals surface area contributed by atoms with Gasteiger partial charge in [-0.3, -0.25) is 4.79 Å². The molecule has 17 heavy (non-hydrogen) atoms. The lowest BCUT2D eigenvalue weighted by atomic mass is 10.3. The molecule has 0 spiro atoms. The van der Waals surface area contributed by atoms with Gasteiger partial charge in [0.05, 0.1) is 25.8 Å². The van der Waals surface area contributed by atoms with Crippen LogP contribution in [0.1, 0.15) is 10.4 Å². The molecule has 96 valence electrons. The lowest BCUT2D eigenvalue weighted by molar-refractivity contribution is 0.0285. The van der Waals surface area contributed by atoms with E-state index in [0.717, 1.165) is 7.57 Å². The van der Waals surface area contributed by atoms with E-state index < -0.39 is 0 Å². The first-order valence-electron chi connectivity index (χ1n) is 4.83. The Labute approximate surface area is 121 Å². The smallest absolute Gasteiger partial charge is 0.253 e. The van der Waals surface area contributed by atoms with Crippen molar-refractivity contribution < 1.29 is 14.3 Å². The molecule has 1 N–H and O–H groups in total. The lowest BCUT2D eigenvalue weighted by Gasteiger charge is -2.14. The van der Waals surface area contributed by atoms with E-state index in [1.807, 2.05) is 0 Å². The van der Waals surface area contributed by atoms with Crippen molar-refractivity contribution in [2.24, 2.45) is 0 Å². The van der Waals surface area contributed by atoms with Crippen LogP contribution in [-0.2, 0) is 9.47 Å². The van der Waals surface area contributed by atoms with Crippen molar-refractivity contribution in [1.29, 1.82) is 0 Å². The summed E-state index contributed by atoms with van der Waals surface area (Å²) in [6.45, 7) is 0.869. The van der Waals surface area contributed by atoms with Crippen LogP contribution in [0.15, 0.2) is 13.6 Å². The Balaban J connectivity index is 2.52. The zero-order valence-corrected chi connectivity index (χ0v) is 13.4. The molecule has 1 amide bonds. The molecule has 0 aromatic carbocycles. The SMILES string of the molecule is COCC(CNC(=O)c1cc(Br)sc1Br)OC. The van der Waals surface area contributed by atoms with Crippen LogP contribution in [0.3, 0.4) is 0 Å². The number of rotatable bonds is 6. The molecule has 0 saturated heterocycles. The van der Waals surface area contributed by atoms with E-state index in [0.29, 0.717) is 18.7 Å². The molecule has 1 atom stereocenters. The molecule has 0 aliphatic heterocycles. The summed E-state index contributed by atoms with van der Waals surface area (Å²) < 4.78 is 11.8. The summed E-state index contributed by atoms with van der Waals surface area (Å²) in [4.78, 5) is 11.9. The van der Waals surface area contributed by atoms with E-state index in [1.54, 1.807) is 20.3 Å². The maximum Gasteiger partial charge on any atom is 0.253 e. The number of hydrogen-bond acceptors (Lipinski definition) is 4. The summed E-state index contributed by atoms with van der Waals surface area (Å²) in [6.07, 6.45) is -0.134. The van der Waals surface area contributed by atoms with Crippen molar-refractivity contribution in [3.63, 3.8) is 0 Å². The number of carbonyl (C=O) groups excluding carboxylic acids is 1. The number of nitrogens with one attached hydrogen (secondary N) is 1. The van der Waals surface area contributed by atoms with Gasteiger partial charge in [0.25, 0.3) is 5.91 Å². The van der Waals surface area contributed by atoms with Crippen molar-refractivity contribution in [1.82, 2.24) is 5.32 Å². The van der Waals surface area contributed by atoms with Crippen molar-refractivity contribution in [3.05, 3.63) is 19.2 Å². The van der Waals surface area contributed by atoms with E-state index >= 15 is 0 Å². The van der Waals surface area contributed by atoms with Crippen molar-refractivity contribution >= 4 is 49.1 Å². The third kappa shape index (κ3) is 4.67. The zero-order chi connectivity index (χ0) is 12.8. The number of hydrogen-bond donors (Lipinski definition) is 1. The Morgan fingerprint density at radius 1 is 1.53 bits per heavy atom. The Hall–Kier alpha value is 0.0500. The molecular formula is C10H13Br2NO3S. The second-order valence-electron chi connectivity index (χ2n) is 3.26. The van der Waals surface area contributed by atoms with Gasteiger partial charge in [-0.1, -0.05) is 0 Å². The van der Waals surface area contributed by atoms with Gasteiger partial charge in [0.2, 0.25) is 0 Å². The average molecular weight is 387 g/mol. The van der Waals surface area contributed by atoms with E-state index in [1.165, 1.54) is 11.3 Å². The molecule has 1 unspecified atom stereocenters. The monoisotopic (exact) mass is 385 g/mol. The van der Waals surface area contributed by atoms with Gasteiger partial charge in [0.15, 0.2) is 0 Å². The van der Waals surface area contributed by atoms with E-state index in [9.17, 15) is 4.79 Å². The molecule has 1 heterocycles. The number of thiophene rings is 1. The van der Waals surface area contributed by atoms with Crippen LogP contribution < -0.4 is 5.32 Å². The first-order chi connectivity index (χ1) is 8.08. The van der Waals surface area contributed by atoms with Crippen LogP contribution in [0.5, 0.6) is 0 Å². The van der Waals surface area contributed by atoms with Crippen LogP contribution in [-0.4, -0.2) is 39.4 Å². The van der Waals surface area contributed by atoms with Crippen molar-refractivity contribution in [2.45, 2.75) is 6.10 Å². The minimum absolute atomic E-state index is 0.128. The van der Waals surface area contributed by atoms with Crippen LogP contribution in [0.2, 0.25) is 0 Å². The van der Waals surface area contributed by atoms with Crippen molar-refractivity contribution in [2.75, 3.05) is 27.4 Å². The number of amides is 1. The highest BCUT2D eigenvalue weighted by Gasteiger charge is 2.15. The summed E-state index contributed by atoms with van der Waals surface area (Å²) in [5, 5.41) is 2.80. The molecule has 0 radical (unpaired) electrons. The number of methoxy groups -OCH3 is 2. The summed E-state index contributed by atoms with van der Waals surface area (Å²) in [5.74, 6) is -0.128. The number of carbonyl (C=O) groups is 1. The molecule has 0 aliphatic rings. The fraction of sp³-hybridized carbons (Fsp3) is 0.500. The first-order valence-corrected chi connectivity index (χ1v) is 7.23. The Kier molecular flexibility index (Phi) is 6.65. The maximum absolute atomic E-state index is 11.9. The standard InChI is InChI=1S/C10H13Br2NO3S/c1-15-5-6(16-2)4-13-10(14)7-3-8(11)17-9(7)12/h3,6H,4-5H2,1-2H3,(H,13,14). The number of ether oxygens (including phenoxy) is 2. The third-order valence-electron chi connectivity index (χ3n) is 2.08. The van der Waals surface area contributed by atoms with Crippen molar-refractivity contribution in [3.8, 4) is 0 Å². The molecule has 7 heteroatoms. The van der Waals surface area contributed by atoms with E-state index in [4.69, 9.17) is 9.47 Å². The van der Waals surface area contributed by atoms with Gasteiger partial charge < -0.3 is 14.8 Å². The third-order valence-corrected chi connectivity index (χ3v) is 4.42.